The summed E-state index contributed by atoms with van der Waals surface area (Å²) in [6.45, 7) is 0. The van der Waals surface area contributed by atoms with Gasteiger partial charge >= 0.3 is 0 Å². The summed E-state index contributed by atoms with van der Waals surface area (Å²) in [5.41, 5.74) is 0.742. The quantitative estimate of drug-likeness (QED) is 0.511. The fourth-order valence-corrected chi connectivity index (χ4v) is 0.765. The van der Waals surface area contributed by atoms with Crippen LogP contribution in [-0.2, 0) is 0 Å². The third-order valence-corrected chi connectivity index (χ3v) is 1.27. The Morgan fingerprint density at radius 3 is 3.00 bits per heavy atom. The minimum Gasteiger partial charge on any atom is -0.497 e. The Hall–Kier alpha value is -1.69. The van der Waals surface area contributed by atoms with E-state index < -0.39 is 0 Å². The molecular weight excluding hydrogens is 140 g/mol. The van der Waals surface area contributed by atoms with E-state index in [0.29, 0.717) is 0 Å². The molecule has 0 fully saturated rings. The van der Waals surface area contributed by atoms with E-state index in [2.05, 4.69) is 5.32 Å². The van der Waals surface area contributed by atoms with Crippen LogP contribution in [0, 0.1) is 11.5 Å². The zero-order valence-electron chi connectivity index (χ0n) is 6.16. The van der Waals surface area contributed by atoms with Gasteiger partial charge < -0.3 is 4.74 Å². The molecule has 0 bridgehead atoms. The van der Waals surface area contributed by atoms with Crippen LogP contribution in [0.25, 0.3) is 0 Å². The maximum Gasteiger partial charge on any atom is 0.181 e. The summed E-state index contributed by atoms with van der Waals surface area (Å²) in [7, 11) is 1.59. The van der Waals surface area contributed by atoms with Crippen LogP contribution in [0.5, 0.6) is 5.75 Å². The van der Waals surface area contributed by atoms with Gasteiger partial charge in [0.1, 0.15) is 5.75 Å². The van der Waals surface area contributed by atoms with E-state index in [9.17, 15) is 0 Å². The molecule has 3 nitrogen and oxygen atoms in total. The molecule has 1 N–H and O–H groups in total. The maximum atomic E-state index is 8.28. The third-order valence-electron chi connectivity index (χ3n) is 1.27. The summed E-state index contributed by atoms with van der Waals surface area (Å²) in [5.74, 6) is 0.741. The molecule has 0 aliphatic carbocycles. The van der Waals surface area contributed by atoms with Crippen molar-refractivity contribution in [3.63, 3.8) is 0 Å². The predicted molar refractivity (Wildman–Crippen MR) is 42.2 cm³/mol. The van der Waals surface area contributed by atoms with Crippen LogP contribution in [-0.4, -0.2) is 7.11 Å². The molecule has 0 atom stereocenters. The molecule has 1 rings (SSSR count). The molecule has 1 aromatic carbocycles. The highest BCUT2D eigenvalue weighted by atomic mass is 16.5. The normalized spacial score (nSPS) is 8.36. The minimum atomic E-state index is 0.741. The fourth-order valence-electron chi connectivity index (χ4n) is 0.765. The third kappa shape index (κ3) is 1.87. The summed E-state index contributed by atoms with van der Waals surface area (Å²) >= 11 is 0. The number of hydrogen-bond donors (Lipinski definition) is 1. The lowest BCUT2D eigenvalue weighted by Gasteiger charge is -2.00. The molecule has 0 saturated heterocycles. The minimum absolute atomic E-state index is 0.741. The molecular formula is C8H8N2O. The maximum absolute atomic E-state index is 8.28. The van der Waals surface area contributed by atoms with Crippen LogP contribution in [0.1, 0.15) is 0 Å². The monoisotopic (exact) mass is 148 g/mol. The predicted octanol–water partition coefficient (Wildman–Crippen LogP) is 1.59. The van der Waals surface area contributed by atoms with E-state index >= 15 is 0 Å². The van der Waals surface area contributed by atoms with Crippen LogP contribution < -0.4 is 10.1 Å². The number of ether oxygens (including phenoxy) is 1. The fraction of sp³-hybridized carbons (Fsp3) is 0.125. The molecule has 0 saturated carbocycles. The summed E-state index contributed by atoms with van der Waals surface area (Å²) in [4.78, 5) is 0. The number of nitrogens with one attached hydrogen (secondary N) is 1. The number of hydrogen-bond acceptors (Lipinski definition) is 3. The average molecular weight is 148 g/mol. The summed E-state index contributed by atoms with van der Waals surface area (Å²) < 4.78 is 4.95. The smallest absolute Gasteiger partial charge is 0.181 e. The topological polar surface area (TPSA) is 45.0 Å². The molecule has 3 heteroatoms. The van der Waals surface area contributed by atoms with Crippen molar-refractivity contribution in [3.05, 3.63) is 24.3 Å². The Bertz CT molecular complexity index is 278. The van der Waals surface area contributed by atoms with Gasteiger partial charge in [-0.1, -0.05) is 6.07 Å². The van der Waals surface area contributed by atoms with E-state index in [0.717, 1.165) is 11.4 Å². The Balaban J connectivity index is 2.84. The van der Waals surface area contributed by atoms with Gasteiger partial charge in [-0.3, -0.25) is 5.32 Å². The number of nitriles is 1. The number of benzene rings is 1. The molecule has 0 aliphatic rings. The first-order chi connectivity index (χ1) is 5.36. The number of nitrogens with zero attached hydrogens (tertiary/aromatic N) is 1. The largest absolute Gasteiger partial charge is 0.497 e. The highest BCUT2D eigenvalue weighted by Gasteiger charge is 1.91. The molecule has 1 aromatic rings. The van der Waals surface area contributed by atoms with Crippen molar-refractivity contribution in [1.29, 1.82) is 5.26 Å². The molecule has 0 radical (unpaired) electrons. The van der Waals surface area contributed by atoms with E-state index in [-0.39, 0.29) is 0 Å². The summed E-state index contributed by atoms with van der Waals surface area (Å²) in [5, 5.41) is 10.8. The second-order valence-electron chi connectivity index (χ2n) is 1.97. The molecule has 0 aliphatic heterocycles. The molecule has 0 spiro atoms. The molecule has 56 valence electrons. The molecule has 11 heavy (non-hydrogen) atoms. The lowest BCUT2D eigenvalue weighted by Crippen LogP contribution is -1.88. The van der Waals surface area contributed by atoms with Crippen molar-refractivity contribution in [3.8, 4) is 11.9 Å². The summed E-state index contributed by atoms with van der Waals surface area (Å²) in [6.07, 6.45) is 1.83. The SMILES string of the molecule is COc1cccc(NC#N)c1. The van der Waals surface area contributed by atoms with E-state index in [1.54, 1.807) is 19.2 Å². The van der Waals surface area contributed by atoms with E-state index in [1.807, 2.05) is 18.3 Å². The lowest BCUT2D eigenvalue weighted by molar-refractivity contribution is 0.415. The van der Waals surface area contributed by atoms with Crippen LogP contribution in [0.2, 0.25) is 0 Å². The van der Waals surface area contributed by atoms with Gasteiger partial charge in [0.15, 0.2) is 6.19 Å². The average Bonchev–Trinajstić information content (AvgIpc) is 2.06. The number of methoxy groups -OCH3 is 1. The van der Waals surface area contributed by atoms with Crippen LogP contribution >= 0.6 is 0 Å². The van der Waals surface area contributed by atoms with E-state index in [1.165, 1.54) is 0 Å². The van der Waals surface area contributed by atoms with Gasteiger partial charge in [0.25, 0.3) is 0 Å². The standard InChI is InChI=1S/C8H8N2O/c1-11-8-4-2-3-7(5-8)10-6-9/h2-5,10H,1H3. The molecule has 0 heterocycles. The second kappa shape index (κ2) is 3.47. The van der Waals surface area contributed by atoms with Crippen LogP contribution in [0.15, 0.2) is 24.3 Å². The van der Waals surface area contributed by atoms with Gasteiger partial charge in [0.05, 0.1) is 12.8 Å². The van der Waals surface area contributed by atoms with Crippen LogP contribution in [0.4, 0.5) is 5.69 Å². The highest BCUT2D eigenvalue weighted by molar-refractivity contribution is 5.50. The second-order valence-corrected chi connectivity index (χ2v) is 1.97. The first-order valence-electron chi connectivity index (χ1n) is 3.16. The van der Waals surface area contributed by atoms with Gasteiger partial charge in [-0.25, -0.2) is 0 Å². The van der Waals surface area contributed by atoms with Crippen molar-refractivity contribution < 1.29 is 4.74 Å². The highest BCUT2D eigenvalue weighted by Crippen LogP contribution is 2.15. The number of anilines is 1. The van der Waals surface area contributed by atoms with Gasteiger partial charge in [-0.05, 0) is 12.1 Å². The van der Waals surface area contributed by atoms with Crippen molar-refractivity contribution in [2.24, 2.45) is 0 Å². The van der Waals surface area contributed by atoms with Crippen molar-refractivity contribution in [2.75, 3.05) is 12.4 Å². The van der Waals surface area contributed by atoms with E-state index in [4.69, 9.17) is 10.00 Å². The van der Waals surface area contributed by atoms with Gasteiger partial charge in [-0.15, -0.1) is 0 Å². The van der Waals surface area contributed by atoms with Gasteiger partial charge in [0, 0.05) is 6.07 Å². The zero-order valence-corrected chi connectivity index (χ0v) is 6.16. The summed E-state index contributed by atoms with van der Waals surface area (Å²) in [6, 6.07) is 7.19. The lowest BCUT2D eigenvalue weighted by atomic mass is 10.3. The Morgan fingerprint density at radius 1 is 1.55 bits per heavy atom. The van der Waals surface area contributed by atoms with Gasteiger partial charge in [0.2, 0.25) is 0 Å². The van der Waals surface area contributed by atoms with Crippen molar-refractivity contribution in [1.82, 2.24) is 0 Å². The Morgan fingerprint density at radius 2 is 2.36 bits per heavy atom. The molecule has 0 amide bonds. The first-order valence-corrected chi connectivity index (χ1v) is 3.16. The number of rotatable bonds is 2. The zero-order chi connectivity index (χ0) is 8.10. The van der Waals surface area contributed by atoms with Gasteiger partial charge in [-0.2, -0.15) is 5.26 Å². The van der Waals surface area contributed by atoms with Crippen LogP contribution in [0.3, 0.4) is 0 Å². The van der Waals surface area contributed by atoms with Crippen molar-refractivity contribution in [2.45, 2.75) is 0 Å². The first kappa shape index (κ1) is 7.42. The molecule has 0 unspecified atom stereocenters. The molecule has 0 aromatic heterocycles. The Labute approximate surface area is 65.2 Å². The Kier molecular flexibility index (Phi) is 2.34. The van der Waals surface area contributed by atoms with Crippen molar-refractivity contribution >= 4 is 5.69 Å².